The molecule has 0 radical (unpaired) electrons. The summed E-state index contributed by atoms with van der Waals surface area (Å²) in [6, 6.07) is 1.14. The highest BCUT2D eigenvalue weighted by Crippen LogP contribution is 2.41. The van der Waals surface area contributed by atoms with Gasteiger partial charge in [0.1, 0.15) is 0 Å². The summed E-state index contributed by atoms with van der Waals surface area (Å²) in [5.41, 5.74) is -0.905. The topological polar surface area (TPSA) is 52.5 Å². The van der Waals surface area contributed by atoms with Gasteiger partial charge in [0.15, 0.2) is 11.5 Å². The second kappa shape index (κ2) is 4.10. The van der Waals surface area contributed by atoms with E-state index in [4.69, 9.17) is 5.11 Å². The summed E-state index contributed by atoms with van der Waals surface area (Å²) in [7, 11) is 0. The number of aromatic hydroxyl groups is 2. The molecule has 0 amide bonds. The van der Waals surface area contributed by atoms with Crippen molar-refractivity contribution in [1.82, 2.24) is 5.32 Å². The van der Waals surface area contributed by atoms with E-state index in [1.54, 1.807) is 0 Å². The lowest BCUT2D eigenvalue weighted by Crippen LogP contribution is -2.18. The van der Waals surface area contributed by atoms with Crippen molar-refractivity contribution in [3.8, 4) is 11.5 Å². The van der Waals surface area contributed by atoms with E-state index >= 15 is 0 Å². The minimum absolute atomic E-state index is 0.00898. The van der Waals surface area contributed by atoms with Gasteiger partial charge in [-0.15, -0.1) is 0 Å². The van der Waals surface area contributed by atoms with Crippen LogP contribution in [0.3, 0.4) is 0 Å². The molecular weight excluding hydrogens is 235 g/mol. The molecule has 0 aliphatic carbocycles. The maximum Gasteiger partial charge on any atom is 0.416 e. The van der Waals surface area contributed by atoms with Crippen LogP contribution in [0.1, 0.15) is 30.0 Å². The Morgan fingerprint density at radius 3 is 2.35 bits per heavy atom. The number of rotatable bonds is 1. The first-order valence-corrected chi connectivity index (χ1v) is 5.26. The van der Waals surface area contributed by atoms with Gasteiger partial charge in [-0.3, -0.25) is 0 Å². The van der Waals surface area contributed by atoms with Crippen molar-refractivity contribution in [1.29, 1.82) is 0 Å². The molecule has 3 N–H and O–H groups in total. The Kier molecular flexibility index (Phi) is 2.91. The molecule has 0 bridgehead atoms. The molecule has 3 nitrogen and oxygen atoms in total. The highest BCUT2D eigenvalue weighted by Gasteiger charge is 2.37. The molecule has 0 spiro atoms. The van der Waals surface area contributed by atoms with Crippen LogP contribution in [0.25, 0.3) is 0 Å². The van der Waals surface area contributed by atoms with Crippen LogP contribution in [0.5, 0.6) is 11.5 Å². The number of phenolic OH excluding ortho intramolecular Hbond substituents is 2. The number of halogens is 3. The maximum absolute atomic E-state index is 12.8. The lowest BCUT2D eigenvalue weighted by atomic mass is 9.98. The van der Waals surface area contributed by atoms with Gasteiger partial charge in [0.25, 0.3) is 0 Å². The highest BCUT2D eigenvalue weighted by atomic mass is 19.4. The Balaban J connectivity index is 2.51. The molecule has 0 saturated carbocycles. The lowest BCUT2D eigenvalue weighted by molar-refractivity contribution is -0.138. The molecule has 1 aromatic carbocycles. The molecule has 2 rings (SSSR count). The molecule has 1 aliphatic rings. The quantitative estimate of drug-likeness (QED) is 0.668. The summed E-state index contributed by atoms with van der Waals surface area (Å²) < 4.78 is 38.4. The van der Waals surface area contributed by atoms with Gasteiger partial charge in [-0.1, -0.05) is 0 Å². The lowest BCUT2D eigenvalue weighted by Gasteiger charge is -2.18. The highest BCUT2D eigenvalue weighted by molar-refractivity contribution is 5.48. The summed E-state index contributed by atoms with van der Waals surface area (Å²) in [4.78, 5) is 0. The average Bonchev–Trinajstić information content (AvgIpc) is 2.73. The number of phenols is 2. The van der Waals surface area contributed by atoms with Crippen molar-refractivity contribution in [3.63, 3.8) is 0 Å². The zero-order valence-electron chi connectivity index (χ0n) is 8.88. The number of hydrogen-bond donors (Lipinski definition) is 3. The number of nitrogens with one attached hydrogen (secondary N) is 1. The number of alkyl halides is 3. The van der Waals surface area contributed by atoms with Gasteiger partial charge in [0.05, 0.1) is 5.56 Å². The minimum atomic E-state index is -4.54. The van der Waals surface area contributed by atoms with Crippen LogP contribution < -0.4 is 5.32 Å². The molecule has 0 aromatic heterocycles. The molecule has 1 aromatic rings. The molecule has 1 fully saturated rings. The van der Waals surface area contributed by atoms with E-state index in [0.717, 1.165) is 12.5 Å². The summed E-state index contributed by atoms with van der Waals surface area (Å²) in [5.74, 6) is -1.28. The third-order valence-electron chi connectivity index (χ3n) is 2.89. The van der Waals surface area contributed by atoms with E-state index < -0.39 is 29.3 Å². The summed E-state index contributed by atoms with van der Waals surface area (Å²) in [6.45, 7) is 0.656. The van der Waals surface area contributed by atoms with Crippen LogP contribution in [-0.4, -0.2) is 16.8 Å². The zero-order valence-corrected chi connectivity index (χ0v) is 8.88. The molecule has 6 heteroatoms. The third-order valence-corrected chi connectivity index (χ3v) is 2.89. The Morgan fingerprint density at radius 1 is 1.18 bits per heavy atom. The van der Waals surface area contributed by atoms with Crippen LogP contribution in [0, 0.1) is 0 Å². The average molecular weight is 247 g/mol. The Morgan fingerprint density at radius 2 is 1.82 bits per heavy atom. The predicted octanol–water partition coefficient (Wildman–Crippen LogP) is 2.54. The molecule has 1 saturated heterocycles. The van der Waals surface area contributed by atoms with Gasteiger partial charge in [0, 0.05) is 6.04 Å². The fraction of sp³-hybridized carbons (Fsp3) is 0.455. The third kappa shape index (κ3) is 2.31. The maximum atomic E-state index is 12.8. The van der Waals surface area contributed by atoms with Gasteiger partial charge in [-0.05, 0) is 37.1 Å². The molecule has 94 valence electrons. The first kappa shape index (κ1) is 12.0. The van der Waals surface area contributed by atoms with E-state index in [9.17, 15) is 18.3 Å². The number of benzene rings is 1. The molecule has 1 unspecified atom stereocenters. The summed E-state index contributed by atoms with van der Waals surface area (Å²) in [5, 5.41) is 21.4. The summed E-state index contributed by atoms with van der Waals surface area (Å²) >= 11 is 0. The molecule has 1 aliphatic heterocycles. The zero-order chi connectivity index (χ0) is 12.6. The Hall–Kier alpha value is -1.43. The minimum Gasteiger partial charge on any atom is -0.504 e. The van der Waals surface area contributed by atoms with Gasteiger partial charge in [0.2, 0.25) is 0 Å². The van der Waals surface area contributed by atoms with Crippen LogP contribution in [0.2, 0.25) is 0 Å². The van der Waals surface area contributed by atoms with E-state index in [0.29, 0.717) is 19.0 Å². The van der Waals surface area contributed by atoms with Gasteiger partial charge in [-0.2, -0.15) is 13.2 Å². The van der Waals surface area contributed by atoms with Gasteiger partial charge in [-0.25, -0.2) is 0 Å². The van der Waals surface area contributed by atoms with Crippen molar-refractivity contribution in [2.24, 2.45) is 0 Å². The van der Waals surface area contributed by atoms with Crippen LogP contribution in [0.4, 0.5) is 13.2 Å². The first-order valence-electron chi connectivity index (χ1n) is 5.26. The van der Waals surface area contributed by atoms with Crippen LogP contribution in [0.15, 0.2) is 12.1 Å². The van der Waals surface area contributed by atoms with Gasteiger partial charge >= 0.3 is 6.18 Å². The van der Waals surface area contributed by atoms with E-state index in [1.807, 2.05) is 0 Å². The van der Waals surface area contributed by atoms with Gasteiger partial charge < -0.3 is 15.5 Å². The second-order valence-corrected chi connectivity index (χ2v) is 4.07. The fourth-order valence-electron chi connectivity index (χ4n) is 2.08. The molecule has 17 heavy (non-hydrogen) atoms. The largest absolute Gasteiger partial charge is 0.504 e. The van der Waals surface area contributed by atoms with Crippen molar-refractivity contribution < 1.29 is 23.4 Å². The van der Waals surface area contributed by atoms with Crippen molar-refractivity contribution in [3.05, 3.63) is 23.3 Å². The number of hydrogen-bond acceptors (Lipinski definition) is 3. The normalized spacial score (nSPS) is 20.8. The molecule has 1 heterocycles. The van der Waals surface area contributed by atoms with E-state index in [2.05, 4.69) is 5.32 Å². The van der Waals surface area contributed by atoms with Crippen molar-refractivity contribution in [2.45, 2.75) is 25.1 Å². The van der Waals surface area contributed by atoms with Crippen molar-refractivity contribution in [2.75, 3.05) is 6.54 Å². The standard InChI is InChI=1S/C11H12F3NO2/c12-11(13,14)7-5-10(17)9(16)4-6(7)8-2-1-3-15-8/h4-5,8,15-17H,1-3H2. The Bertz CT molecular complexity index is 425. The Labute approximate surface area is 95.9 Å². The summed E-state index contributed by atoms with van der Waals surface area (Å²) in [6.07, 6.45) is -3.15. The first-order chi connectivity index (χ1) is 7.89. The second-order valence-electron chi connectivity index (χ2n) is 4.07. The smallest absolute Gasteiger partial charge is 0.416 e. The van der Waals surface area contributed by atoms with Crippen LogP contribution in [-0.2, 0) is 6.18 Å². The van der Waals surface area contributed by atoms with Crippen molar-refractivity contribution >= 4 is 0 Å². The van der Waals surface area contributed by atoms with E-state index in [-0.39, 0.29) is 5.56 Å². The predicted molar refractivity (Wildman–Crippen MR) is 54.8 cm³/mol. The van der Waals surface area contributed by atoms with Crippen LogP contribution >= 0.6 is 0 Å². The monoisotopic (exact) mass is 247 g/mol. The molecule has 1 atom stereocenters. The van der Waals surface area contributed by atoms with E-state index in [1.165, 1.54) is 0 Å². The SMILES string of the molecule is Oc1cc(C2CCCN2)c(C(F)(F)F)cc1O. The fourth-order valence-corrected chi connectivity index (χ4v) is 2.08. The molecular formula is C11H12F3NO2.